The number of alkyl halides is 3. The SMILES string of the molecule is CSC(CNS(=O)(=O)c1ccc(NCc2ccncc2C)cc1C(F)(F)F)C1CC1. The standard InChI is InChI=1S/C20H24F3N3O2S2/c1-13-10-24-8-7-15(13)11-25-16-5-6-19(17(9-16)20(21,22)23)30(27,28)26-12-18(29-2)14-3-4-14/h5-10,14,18,25-26H,3-4,11-12H2,1-2H3. The van der Waals surface area contributed by atoms with E-state index < -0.39 is 26.7 Å². The lowest BCUT2D eigenvalue weighted by molar-refractivity contribution is -0.139. The zero-order chi connectivity index (χ0) is 21.9. The number of nitrogens with one attached hydrogen (secondary N) is 2. The molecule has 1 fully saturated rings. The molecule has 1 unspecified atom stereocenters. The summed E-state index contributed by atoms with van der Waals surface area (Å²) < 4.78 is 68.6. The average Bonchev–Trinajstić information content (AvgIpc) is 3.52. The number of anilines is 1. The van der Waals surface area contributed by atoms with Gasteiger partial charge in [-0.25, -0.2) is 13.1 Å². The van der Waals surface area contributed by atoms with E-state index in [9.17, 15) is 21.6 Å². The van der Waals surface area contributed by atoms with Gasteiger partial charge in [-0.2, -0.15) is 24.9 Å². The van der Waals surface area contributed by atoms with E-state index >= 15 is 0 Å². The van der Waals surface area contributed by atoms with E-state index in [1.54, 1.807) is 18.5 Å². The van der Waals surface area contributed by atoms with Crippen molar-refractivity contribution in [3.8, 4) is 0 Å². The molecule has 1 aliphatic carbocycles. The Morgan fingerprint density at radius 3 is 2.60 bits per heavy atom. The van der Waals surface area contributed by atoms with Crippen LogP contribution >= 0.6 is 11.8 Å². The fourth-order valence-electron chi connectivity index (χ4n) is 3.17. The van der Waals surface area contributed by atoms with E-state index in [1.165, 1.54) is 17.8 Å². The summed E-state index contributed by atoms with van der Waals surface area (Å²) in [6.07, 6.45) is 2.41. The number of hydrogen-bond acceptors (Lipinski definition) is 5. The van der Waals surface area contributed by atoms with E-state index in [1.807, 2.05) is 13.2 Å². The molecule has 1 saturated carbocycles. The van der Waals surface area contributed by atoms with Gasteiger partial charge in [0.05, 0.1) is 10.5 Å². The summed E-state index contributed by atoms with van der Waals surface area (Å²) in [5, 5.41) is 3.00. The van der Waals surface area contributed by atoms with Crippen LogP contribution < -0.4 is 10.0 Å². The second-order valence-electron chi connectivity index (χ2n) is 7.33. The maximum atomic E-state index is 13.7. The second-order valence-corrected chi connectivity index (χ2v) is 10.1. The lowest BCUT2D eigenvalue weighted by Gasteiger charge is -2.18. The van der Waals surface area contributed by atoms with Crippen LogP contribution in [0.15, 0.2) is 41.6 Å². The first kappa shape index (κ1) is 22.9. The predicted octanol–water partition coefficient (Wildman–Crippen LogP) is 4.44. The molecule has 1 aromatic carbocycles. The Bertz CT molecular complexity index is 993. The molecule has 1 aliphatic rings. The van der Waals surface area contributed by atoms with Crippen molar-refractivity contribution in [3.63, 3.8) is 0 Å². The van der Waals surface area contributed by atoms with Crippen LogP contribution in [-0.2, 0) is 22.7 Å². The molecule has 1 atom stereocenters. The van der Waals surface area contributed by atoms with Gasteiger partial charge in [-0.3, -0.25) is 4.98 Å². The number of halogens is 3. The molecule has 30 heavy (non-hydrogen) atoms. The van der Waals surface area contributed by atoms with E-state index in [0.29, 0.717) is 12.5 Å². The molecule has 10 heteroatoms. The van der Waals surface area contributed by atoms with E-state index in [0.717, 1.165) is 36.1 Å². The highest BCUT2D eigenvalue weighted by Gasteiger charge is 2.38. The van der Waals surface area contributed by atoms with Crippen molar-refractivity contribution in [2.45, 2.75) is 42.6 Å². The average molecular weight is 460 g/mol. The molecule has 5 nitrogen and oxygen atoms in total. The van der Waals surface area contributed by atoms with Gasteiger partial charge in [0, 0.05) is 36.4 Å². The number of rotatable bonds is 9. The quantitative estimate of drug-likeness (QED) is 0.580. The minimum atomic E-state index is -4.80. The van der Waals surface area contributed by atoms with E-state index in [2.05, 4.69) is 15.0 Å². The summed E-state index contributed by atoms with van der Waals surface area (Å²) in [6.45, 7) is 2.27. The van der Waals surface area contributed by atoms with Crippen molar-refractivity contribution in [2.75, 3.05) is 18.1 Å². The monoisotopic (exact) mass is 459 g/mol. The molecule has 1 aromatic heterocycles. The molecular weight excluding hydrogens is 435 g/mol. The first-order chi connectivity index (χ1) is 14.1. The third kappa shape index (κ3) is 5.67. The molecule has 0 spiro atoms. The summed E-state index contributed by atoms with van der Waals surface area (Å²) in [6, 6.07) is 4.99. The molecular formula is C20H24F3N3O2S2. The summed E-state index contributed by atoms with van der Waals surface area (Å²) in [5.41, 5.74) is 0.805. The van der Waals surface area contributed by atoms with Crippen LogP contribution in [0.25, 0.3) is 0 Å². The maximum absolute atomic E-state index is 13.7. The molecule has 0 amide bonds. The highest BCUT2D eigenvalue weighted by molar-refractivity contribution is 7.99. The highest BCUT2D eigenvalue weighted by atomic mass is 32.2. The maximum Gasteiger partial charge on any atom is 0.417 e. The van der Waals surface area contributed by atoms with Crippen molar-refractivity contribution in [1.82, 2.24) is 9.71 Å². The normalized spacial score (nSPS) is 15.8. The number of hydrogen-bond donors (Lipinski definition) is 2. The van der Waals surface area contributed by atoms with Gasteiger partial charge in [-0.05, 0) is 67.3 Å². The molecule has 0 aliphatic heterocycles. The first-order valence-corrected chi connectivity index (χ1v) is 12.3. The van der Waals surface area contributed by atoms with Crippen LogP contribution in [0.3, 0.4) is 0 Å². The number of sulfonamides is 1. The fraction of sp³-hybridized carbons (Fsp3) is 0.450. The van der Waals surface area contributed by atoms with Crippen LogP contribution in [0.5, 0.6) is 0 Å². The molecule has 164 valence electrons. The number of nitrogens with zero attached hydrogens (tertiary/aromatic N) is 1. The number of thioether (sulfide) groups is 1. The van der Waals surface area contributed by atoms with Crippen molar-refractivity contribution >= 4 is 27.5 Å². The van der Waals surface area contributed by atoms with Crippen molar-refractivity contribution in [3.05, 3.63) is 53.3 Å². The molecule has 2 aromatic rings. The van der Waals surface area contributed by atoms with Gasteiger partial charge >= 0.3 is 6.18 Å². The van der Waals surface area contributed by atoms with Crippen LogP contribution in [0.4, 0.5) is 18.9 Å². The van der Waals surface area contributed by atoms with Crippen LogP contribution in [0.1, 0.15) is 29.5 Å². The number of aromatic nitrogens is 1. The Balaban J connectivity index is 1.81. The predicted molar refractivity (Wildman–Crippen MR) is 113 cm³/mol. The summed E-state index contributed by atoms with van der Waals surface area (Å²) >= 11 is 1.53. The van der Waals surface area contributed by atoms with Crippen molar-refractivity contribution < 1.29 is 21.6 Å². The molecule has 3 rings (SSSR count). The number of benzene rings is 1. The van der Waals surface area contributed by atoms with Gasteiger partial charge in [0.1, 0.15) is 0 Å². The lowest BCUT2D eigenvalue weighted by atomic mass is 10.1. The first-order valence-electron chi connectivity index (χ1n) is 9.49. The molecule has 1 heterocycles. The zero-order valence-corrected chi connectivity index (χ0v) is 18.3. The summed E-state index contributed by atoms with van der Waals surface area (Å²) in [5.74, 6) is 0.424. The van der Waals surface area contributed by atoms with Gasteiger partial charge in [0.25, 0.3) is 0 Å². The lowest BCUT2D eigenvalue weighted by Crippen LogP contribution is -2.33. The second kappa shape index (κ2) is 9.15. The third-order valence-electron chi connectivity index (χ3n) is 5.12. The van der Waals surface area contributed by atoms with Crippen LogP contribution in [0.2, 0.25) is 0 Å². The zero-order valence-electron chi connectivity index (χ0n) is 16.7. The summed E-state index contributed by atoms with van der Waals surface area (Å²) in [7, 11) is -4.29. The molecule has 0 radical (unpaired) electrons. The topological polar surface area (TPSA) is 71.1 Å². The number of pyridine rings is 1. The highest BCUT2D eigenvalue weighted by Crippen LogP contribution is 2.39. The van der Waals surface area contributed by atoms with E-state index in [-0.39, 0.29) is 17.5 Å². The van der Waals surface area contributed by atoms with Gasteiger partial charge < -0.3 is 5.32 Å². The molecule has 2 N–H and O–H groups in total. The van der Waals surface area contributed by atoms with Crippen LogP contribution in [-0.4, -0.2) is 31.5 Å². The number of aryl methyl sites for hydroxylation is 1. The van der Waals surface area contributed by atoms with Crippen molar-refractivity contribution in [1.29, 1.82) is 0 Å². The van der Waals surface area contributed by atoms with Crippen LogP contribution in [0, 0.1) is 12.8 Å². The Morgan fingerprint density at radius 2 is 2.00 bits per heavy atom. The Labute approximate surface area is 178 Å². The smallest absolute Gasteiger partial charge is 0.381 e. The minimum absolute atomic E-state index is 0.0682. The fourth-order valence-corrected chi connectivity index (χ4v) is 5.45. The largest absolute Gasteiger partial charge is 0.417 e. The minimum Gasteiger partial charge on any atom is -0.381 e. The Morgan fingerprint density at radius 1 is 1.27 bits per heavy atom. The van der Waals surface area contributed by atoms with Crippen molar-refractivity contribution in [2.24, 2.45) is 5.92 Å². The molecule has 0 bridgehead atoms. The van der Waals surface area contributed by atoms with Gasteiger partial charge in [-0.15, -0.1) is 0 Å². The van der Waals surface area contributed by atoms with Gasteiger partial charge in [0.15, 0.2) is 0 Å². The third-order valence-corrected chi connectivity index (χ3v) is 7.76. The molecule has 0 saturated heterocycles. The van der Waals surface area contributed by atoms with E-state index in [4.69, 9.17) is 0 Å². The van der Waals surface area contributed by atoms with Gasteiger partial charge in [0.2, 0.25) is 10.0 Å². The van der Waals surface area contributed by atoms with Gasteiger partial charge in [-0.1, -0.05) is 0 Å². The Hall–Kier alpha value is -1.78. The Kier molecular flexibility index (Phi) is 6.98. The summed E-state index contributed by atoms with van der Waals surface area (Å²) in [4.78, 5) is 3.23.